The molecule has 0 fully saturated rings. The summed E-state index contributed by atoms with van der Waals surface area (Å²) in [5.74, 6) is 1.33. The van der Waals surface area contributed by atoms with E-state index in [1.54, 1.807) is 39.7 Å². The third-order valence-corrected chi connectivity index (χ3v) is 4.96. The van der Waals surface area contributed by atoms with Gasteiger partial charge in [0.05, 0.1) is 34.1 Å². The molecule has 3 aromatic rings. The molecule has 7 heteroatoms. The maximum atomic E-state index is 12.6. The summed E-state index contributed by atoms with van der Waals surface area (Å²) in [5.41, 5.74) is 5.60. The molecule has 1 N–H and O–H groups in total. The molecular weight excluding hydrogens is 418 g/mol. The molecule has 7 nitrogen and oxygen atoms in total. The zero-order valence-electron chi connectivity index (χ0n) is 19.2. The van der Waals surface area contributed by atoms with Crippen molar-refractivity contribution in [2.24, 2.45) is 5.10 Å². The van der Waals surface area contributed by atoms with Crippen LogP contribution in [0.2, 0.25) is 0 Å². The van der Waals surface area contributed by atoms with Gasteiger partial charge in [0.1, 0.15) is 0 Å². The topological polar surface area (TPSA) is 72.4 Å². The molecule has 0 bridgehead atoms. The minimum absolute atomic E-state index is 0.203. The molecule has 0 saturated heterocycles. The van der Waals surface area contributed by atoms with Crippen LogP contribution in [0.25, 0.3) is 0 Å². The average molecular weight is 448 g/mol. The highest BCUT2D eigenvalue weighted by Crippen LogP contribution is 2.37. The van der Waals surface area contributed by atoms with Gasteiger partial charge in [-0.05, 0) is 23.3 Å². The van der Waals surface area contributed by atoms with E-state index >= 15 is 0 Å². The maximum Gasteiger partial charge on any atom is 0.254 e. The first-order chi connectivity index (χ1) is 16.1. The van der Waals surface area contributed by atoms with E-state index < -0.39 is 0 Å². The number of hydrazone groups is 1. The summed E-state index contributed by atoms with van der Waals surface area (Å²) in [6, 6.07) is 23.7. The SMILES string of the molecule is COc1cc(C=NNC(=O)CN(Cc2ccccc2)Cc2ccccc2)cc(OC)c1OC. The highest BCUT2D eigenvalue weighted by atomic mass is 16.5. The zero-order valence-corrected chi connectivity index (χ0v) is 19.2. The predicted molar refractivity (Wildman–Crippen MR) is 129 cm³/mol. The van der Waals surface area contributed by atoms with Crippen LogP contribution < -0.4 is 19.6 Å². The number of carbonyl (C=O) groups excluding carboxylic acids is 1. The molecule has 0 aliphatic heterocycles. The number of benzene rings is 3. The molecule has 0 radical (unpaired) electrons. The lowest BCUT2D eigenvalue weighted by atomic mass is 10.1. The lowest BCUT2D eigenvalue weighted by Crippen LogP contribution is -2.34. The Balaban J connectivity index is 1.66. The smallest absolute Gasteiger partial charge is 0.254 e. The third kappa shape index (κ3) is 7.08. The number of methoxy groups -OCH3 is 3. The first-order valence-electron chi connectivity index (χ1n) is 10.5. The Morgan fingerprint density at radius 3 is 1.82 bits per heavy atom. The first-order valence-corrected chi connectivity index (χ1v) is 10.5. The summed E-state index contributed by atoms with van der Waals surface area (Å²) < 4.78 is 16.0. The van der Waals surface area contributed by atoms with Gasteiger partial charge in [-0.1, -0.05) is 60.7 Å². The molecule has 0 atom stereocenters. The second-order valence-corrected chi connectivity index (χ2v) is 7.37. The molecule has 0 saturated carbocycles. The largest absolute Gasteiger partial charge is 0.493 e. The first kappa shape index (κ1) is 23.8. The van der Waals surface area contributed by atoms with E-state index in [-0.39, 0.29) is 12.5 Å². The molecule has 33 heavy (non-hydrogen) atoms. The number of ether oxygens (including phenoxy) is 3. The van der Waals surface area contributed by atoms with Crippen molar-refractivity contribution < 1.29 is 19.0 Å². The summed E-state index contributed by atoms with van der Waals surface area (Å²) in [6.45, 7) is 1.51. The van der Waals surface area contributed by atoms with Gasteiger partial charge in [-0.2, -0.15) is 5.10 Å². The Morgan fingerprint density at radius 1 is 0.848 bits per heavy atom. The zero-order chi connectivity index (χ0) is 23.5. The van der Waals surface area contributed by atoms with E-state index in [4.69, 9.17) is 14.2 Å². The Hall–Kier alpha value is -3.84. The van der Waals surface area contributed by atoms with Gasteiger partial charge >= 0.3 is 0 Å². The molecule has 172 valence electrons. The van der Waals surface area contributed by atoms with Crippen LogP contribution in [0, 0.1) is 0 Å². The Labute approximate surface area is 194 Å². The maximum absolute atomic E-state index is 12.6. The predicted octanol–water partition coefficient (Wildman–Crippen LogP) is 3.86. The number of nitrogens with one attached hydrogen (secondary N) is 1. The number of nitrogens with zero attached hydrogens (tertiary/aromatic N) is 2. The van der Waals surface area contributed by atoms with Gasteiger partial charge in [-0.25, -0.2) is 5.43 Å². The standard InChI is InChI=1S/C26H29N3O4/c1-31-23-14-22(15-24(32-2)26(23)33-3)16-27-28-25(30)19-29(17-20-10-6-4-7-11-20)18-21-12-8-5-9-13-21/h4-16H,17-19H2,1-3H3,(H,28,30). The highest BCUT2D eigenvalue weighted by molar-refractivity contribution is 5.84. The Bertz CT molecular complexity index is 989. The van der Waals surface area contributed by atoms with E-state index in [9.17, 15) is 4.79 Å². The van der Waals surface area contributed by atoms with Gasteiger partial charge in [0.25, 0.3) is 5.91 Å². The van der Waals surface area contributed by atoms with Crippen molar-refractivity contribution in [3.8, 4) is 17.2 Å². The summed E-state index contributed by atoms with van der Waals surface area (Å²) in [5, 5.41) is 4.11. The highest BCUT2D eigenvalue weighted by Gasteiger charge is 2.14. The van der Waals surface area contributed by atoms with Crippen molar-refractivity contribution in [1.82, 2.24) is 10.3 Å². The van der Waals surface area contributed by atoms with Gasteiger partial charge < -0.3 is 14.2 Å². The van der Waals surface area contributed by atoms with Gasteiger partial charge in [0, 0.05) is 18.7 Å². The molecule has 0 heterocycles. The molecule has 0 aromatic heterocycles. The molecule has 0 aliphatic rings. The summed E-state index contributed by atoms with van der Waals surface area (Å²) in [7, 11) is 4.65. The van der Waals surface area contributed by atoms with Crippen LogP contribution in [-0.4, -0.2) is 44.9 Å². The van der Waals surface area contributed by atoms with E-state index in [1.165, 1.54) is 0 Å². The molecule has 0 spiro atoms. The number of amides is 1. The number of rotatable bonds is 11. The number of hydrogen-bond acceptors (Lipinski definition) is 6. The van der Waals surface area contributed by atoms with E-state index in [1.807, 2.05) is 36.4 Å². The lowest BCUT2D eigenvalue weighted by molar-refractivity contribution is -0.122. The Kier molecular flexibility index (Phi) is 8.85. The van der Waals surface area contributed by atoms with Gasteiger partial charge in [0.2, 0.25) is 5.75 Å². The van der Waals surface area contributed by atoms with E-state index in [2.05, 4.69) is 39.7 Å². The summed E-state index contributed by atoms with van der Waals surface area (Å²) in [6.07, 6.45) is 1.54. The van der Waals surface area contributed by atoms with Crippen molar-refractivity contribution in [3.63, 3.8) is 0 Å². The van der Waals surface area contributed by atoms with Crippen LogP contribution in [0.1, 0.15) is 16.7 Å². The number of carbonyl (C=O) groups is 1. The number of hydrogen-bond donors (Lipinski definition) is 1. The van der Waals surface area contributed by atoms with Crippen molar-refractivity contribution in [3.05, 3.63) is 89.5 Å². The fourth-order valence-corrected chi connectivity index (χ4v) is 3.44. The van der Waals surface area contributed by atoms with Gasteiger partial charge in [-0.3, -0.25) is 9.69 Å². The molecule has 3 aromatic carbocycles. The van der Waals surface area contributed by atoms with Crippen molar-refractivity contribution in [1.29, 1.82) is 0 Å². The minimum Gasteiger partial charge on any atom is -0.493 e. The van der Waals surface area contributed by atoms with Gasteiger partial charge in [-0.15, -0.1) is 0 Å². The summed E-state index contributed by atoms with van der Waals surface area (Å²) in [4.78, 5) is 14.7. The molecule has 1 amide bonds. The van der Waals surface area contributed by atoms with Crippen molar-refractivity contribution in [2.45, 2.75) is 13.1 Å². The second kappa shape index (κ2) is 12.3. The van der Waals surface area contributed by atoms with Crippen LogP contribution in [0.15, 0.2) is 77.9 Å². The van der Waals surface area contributed by atoms with Crippen LogP contribution in [0.5, 0.6) is 17.2 Å². The third-order valence-electron chi connectivity index (χ3n) is 4.96. The second-order valence-electron chi connectivity index (χ2n) is 7.37. The van der Waals surface area contributed by atoms with Crippen LogP contribution in [0.3, 0.4) is 0 Å². The lowest BCUT2D eigenvalue weighted by Gasteiger charge is -2.21. The van der Waals surface area contributed by atoms with Crippen LogP contribution in [-0.2, 0) is 17.9 Å². The Morgan fingerprint density at radius 2 is 1.36 bits per heavy atom. The quantitative estimate of drug-likeness (QED) is 0.357. The van der Waals surface area contributed by atoms with Gasteiger partial charge in [0.15, 0.2) is 11.5 Å². The fraction of sp³-hybridized carbons (Fsp3) is 0.231. The van der Waals surface area contributed by atoms with Crippen LogP contribution >= 0.6 is 0 Å². The average Bonchev–Trinajstić information content (AvgIpc) is 2.84. The van der Waals surface area contributed by atoms with E-state index in [0.29, 0.717) is 35.9 Å². The molecule has 0 unspecified atom stereocenters. The van der Waals surface area contributed by atoms with Crippen molar-refractivity contribution >= 4 is 12.1 Å². The minimum atomic E-state index is -0.203. The normalized spacial score (nSPS) is 10.9. The van der Waals surface area contributed by atoms with Crippen molar-refractivity contribution in [2.75, 3.05) is 27.9 Å². The van der Waals surface area contributed by atoms with Crippen LogP contribution in [0.4, 0.5) is 0 Å². The monoisotopic (exact) mass is 447 g/mol. The molecule has 3 rings (SSSR count). The molecular formula is C26H29N3O4. The summed E-state index contributed by atoms with van der Waals surface area (Å²) >= 11 is 0. The van der Waals surface area contributed by atoms with E-state index in [0.717, 1.165) is 11.1 Å². The molecule has 0 aliphatic carbocycles. The fourth-order valence-electron chi connectivity index (χ4n) is 3.44.